The van der Waals surface area contributed by atoms with E-state index in [0.717, 1.165) is 12.8 Å². The summed E-state index contributed by atoms with van der Waals surface area (Å²) in [5, 5.41) is 3.54. The van der Waals surface area contributed by atoms with Gasteiger partial charge in [0, 0.05) is 25.2 Å². The third-order valence-electron chi connectivity index (χ3n) is 4.90. The molecule has 1 aromatic rings. The molecule has 1 N–H and O–H groups in total. The van der Waals surface area contributed by atoms with Gasteiger partial charge in [0.2, 0.25) is 5.91 Å². The quantitative estimate of drug-likeness (QED) is 0.915. The van der Waals surface area contributed by atoms with Crippen molar-refractivity contribution in [1.29, 1.82) is 0 Å². The lowest BCUT2D eigenvalue weighted by Gasteiger charge is -2.35. The molecule has 2 aliphatic heterocycles. The van der Waals surface area contributed by atoms with E-state index in [9.17, 15) is 18.0 Å². The number of rotatable bonds is 4. The molecule has 0 spiro atoms. The molecule has 3 rings (SSSR count). The molecule has 1 aromatic carbocycles. The Kier molecular flexibility index (Phi) is 4.71. The van der Waals surface area contributed by atoms with Crippen LogP contribution in [-0.4, -0.2) is 42.3 Å². The molecule has 0 aliphatic carbocycles. The van der Waals surface area contributed by atoms with Crippen LogP contribution >= 0.6 is 0 Å². The van der Waals surface area contributed by atoms with Gasteiger partial charge in [-0.1, -0.05) is 12.1 Å². The maximum absolute atomic E-state index is 12.5. The Balaban J connectivity index is 1.56. The summed E-state index contributed by atoms with van der Waals surface area (Å²) in [4.78, 5) is 14.3. The highest BCUT2D eigenvalue weighted by Crippen LogP contribution is 2.29. The Morgan fingerprint density at radius 3 is 2.33 bits per heavy atom. The number of amides is 1. The summed E-state index contributed by atoms with van der Waals surface area (Å²) in [5.74, 6) is -0.284. The molecular formula is C17H21F3N2O2. The van der Waals surface area contributed by atoms with Crippen LogP contribution in [0.15, 0.2) is 24.3 Å². The second kappa shape index (κ2) is 6.63. The Morgan fingerprint density at radius 2 is 1.79 bits per heavy atom. The van der Waals surface area contributed by atoms with Gasteiger partial charge in [-0.2, -0.15) is 0 Å². The first-order valence-electron chi connectivity index (χ1n) is 8.16. The third kappa shape index (κ3) is 4.20. The van der Waals surface area contributed by atoms with Crippen molar-refractivity contribution in [3.63, 3.8) is 0 Å². The number of piperidine rings is 1. The highest BCUT2D eigenvalue weighted by molar-refractivity contribution is 5.78. The van der Waals surface area contributed by atoms with E-state index in [-0.39, 0.29) is 24.1 Å². The summed E-state index contributed by atoms with van der Waals surface area (Å²) >= 11 is 0. The number of carbonyl (C=O) groups is 1. The van der Waals surface area contributed by atoms with Gasteiger partial charge >= 0.3 is 6.36 Å². The number of benzene rings is 1. The zero-order valence-corrected chi connectivity index (χ0v) is 13.5. The number of fused-ring (bicyclic) bond motifs is 2. The Bertz CT molecular complexity index is 576. The highest BCUT2D eigenvalue weighted by Gasteiger charge is 2.36. The number of likely N-dealkylation sites (N-methyl/N-ethyl adjacent to an activating group) is 1. The molecule has 0 aromatic heterocycles. The van der Waals surface area contributed by atoms with Gasteiger partial charge in [0.05, 0.1) is 6.42 Å². The van der Waals surface area contributed by atoms with Crippen LogP contribution in [0.1, 0.15) is 31.2 Å². The minimum Gasteiger partial charge on any atom is -0.406 e. The lowest BCUT2D eigenvalue weighted by molar-refractivity contribution is -0.274. The zero-order chi connectivity index (χ0) is 17.3. The van der Waals surface area contributed by atoms with E-state index in [1.807, 2.05) is 7.05 Å². The minimum atomic E-state index is -4.70. The van der Waals surface area contributed by atoms with E-state index in [0.29, 0.717) is 17.6 Å². The van der Waals surface area contributed by atoms with Gasteiger partial charge in [0.15, 0.2) is 0 Å². The molecule has 2 fully saturated rings. The summed E-state index contributed by atoms with van der Waals surface area (Å²) < 4.78 is 40.3. The van der Waals surface area contributed by atoms with Crippen molar-refractivity contribution < 1.29 is 22.7 Å². The van der Waals surface area contributed by atoms with E-state index in [1.165, 1.54) is 37.1 Å². The van der Waals surface area contributed by atoms with Crippen LogP contribution in [0.4, 0.5) is 13.2 Å². The largest absolute Gasteiger partial charge is 0.573 e. The van der Waals surface area contributed by atoms with E-state index < -0.39 is 6.36 Å². The molecule has 2 unspecified atom stereocenters. The van der Waals surface area contributed by atoms with Crippen molar-refractivity contribution in [2.75, 3.05) is 7.05 Å². The monoisotopic (exact) mass is 342 g/mol. The van der Waals surface area contributed by atoms with Crippen molar-refractivity contribution in [2.24, 2.45) is 0 Å². The van der Waals surface area contributed by atoms with E-state index >= 15 is 0 Å². The van der Waals surface area contributed by atoms with Gasteiger partial charge < -0.3 is 15.0 Å². The SMILES string of the molecule is CN(C(=O)Cc1ccc(OC(F)(F)F)cc1)C1CC2CCC(C1)N2. The summed E-state index contributed by atoms with van der Waals surface area (Å²) in [5.41, 5.74) is 0.679. The molecule has 1 amide bonds. The summed E-state index contributed by atoms with van der Waals surface area (Å²) in [6.45, 7) is 0. The number of halogens is 3. The Morgan fingerprint density at radius 1 is 1.21 bits per heavy atom. The smallest absolute Gasteiger partial charge is 0.406 e. The predicted molar refractivity (Wildman–Crippen MR) is 82.6 cm³/mol. The maximum atomic E-state index is 12.5. The fraction of sp³-hybridized carbons (Fsp3) is 0.588. The maximum Gasteiger partial charge on any atom is 0.573 e. The van der Waals surface area contributed by atoms with E-state index in [1.54, 1.807) is 4.90 Å². The van der Waals surface area contributed by atoms with Crippen LogP contribution in [0.25, 0.3) is 0 Å². The van der Waals surface area contributed by atoms with Crippen LogP contribution in [0.5, 0.6) is 5.75 Å². The fourth-order valence-corrected chi connectivity index (χ4v) is 3.66. The number of alkyl halides is 3. The van der Waals surface area contributed by atoms with Crippen LogP contribution in [0.3, 0.4) is 0 Å². The van der Waals surface area contributed by atoms with Crippen molar-refractivity contribution in [3.05, 3.63) is 29.8 Å². The molecular weight excluding hydrogens is 321 g/mol. The standard InChI is InChI=1S/C17H21F3N2O2/c1-22(14-9-12-4-5-13(10-14)21-12)16(23)8-11-2-6-15(7-3-11)24-17(18,19)20/h2-3,6-7,12-14,21H,4-5,8-10H2,1H3. The molecule has 2 aliphatic rings. The van der Waals surface area contributed by atoms with Gasteiger partial charge in [-0.05, 0) is 43.4 Å². The number of hydrogen-bond acceptors (Lipinski definition) is 3. The van der Waals surface area contributed by atoms with Crippen molar-refractivity contribution in [3.8, 4) is 5.75 Å². The lowest BCUT2D eigenvalue weighted by atomic mass is 9.98. The number of ether oxygens (including phenoxy) is 1. The van der Waals surface area contributed by atoms with Crippen molar-refractivity contribution in [1.82, 2.24) is 10.2 Å². The van der Waals surface area contributed by atoms with Gasteiger partial charge in [0.25, 0.3) is 0 Å². The van der Waals surface area contributed by atoms with Crippen LogP contribution in [0.2, 0.25) is 0 Å². The fourth-order valence-electron chi connectivity index (χ4n) is 3.66. The normalized spacial score (nSPS) is 26.2. The second-order valence-corrected chi connectivity index (χ2v) is 6.64. The molecule has 2 atom stereocenters. The molecule has 132 valence electrons. The summed E-state index contributed by atoms with van der Waals surface area (Å²) in [6, 6.07) is 6.72. The average Bonchev–Trinajstić information content (AvgIpc) is 2.85. The van der Waals surface area contributed by atoms with Gasteiger partial charge in [0.1, 0.15) is 5.75 Å². The van der Waals surface area contributed by atoms with Gasteiger partial charge in [-0.25, -0.2) is 0 Å². The first kappa shape index (κ1) is 17.1. The topological polar surface area (TPSA) is 41.6 Å². The molecule has 2 heterocycles. The molecule has 4 nitrogen and oxygen atoms in total. The van der Waals surface area contributed by atoms with Crippen LogP contribution < -0.4 is 10.1 Å². The lowest BCUT2D eigenvalue weighted by Crippen LogP contribution is -2.49. The molecule has 2 bridgehead atoms. The number of nitrogens with zero attached hydrogens (tertiary/aromatic N) is 1. The summed E-state index contributed by atoms with van der Waals surface area (Å²) in [7, 11) is 1.82. The van der Waals surface area contributed by atoms with Gasteiger partial charge in [-0.15, -0.1) is 13.2 Å². The Labute approximate surface area is 139 Å². The molecule has 0 radical (unpaired) electrons. The average molecular weight is 342 g/mol. The van der Waals surface area contributed by atoms with Crippen LogP contribution in [-0.2, 0) is 11.2 Å². The highest BCUT2D eigenvalue weighted by atomic mass is 19.4. The number of carbonyl (C=O) groups excluding carboxylic acids is 1. The van der Waals surface area contributed by atoms with Crippen molar-refractivity contribution >= 4 is 5.91 Å². The molecule has 0 saturated carbocycles. The third-order valence-corrected chi connectivity index (χ3v) is 4.90. The Hall–Kier alpha value is -1.76. The molecule has 24 heavy (non-hydrogen) atoms. The molecule has 7 heteroatoms. The zero-order valence-electron chi connectivity index (χ0n) is 13.5. The van der Waals surface area contributed by atoms with E-state index in [4.69, 9.17) is 0 Å². The first-order valence-corrected chi connectivity index (χ1v) is 8.16. The number of hydrogen-bond donors (Lipinski definition) is 1. The van der Waals surface area contributed by atoms with Crippen LogP contribution in [0, 0.1) is 0 Å². The second-order valence-electron chi connectivity index (χ2n) is 6.64. The minimum absolute atomic E-state index is 0.00853. The predicted octanol–water partition coefficient (Wildman–Crippen LogP) is 2.87. The molecule has 2 saturated heterocycles. The van der Waals surface area contributed by atoms with Gasteiger partial charge in [-0.3, -0.25) is 4.79 Å². The van der Waals surface area contributed by atoms with E-state index in [2.05, 4.69) is 10.1 Å². The van der Waals surface area contributed by atoms with Crippen molar-refractivity contribution in [2.45, 2.75) is 56.6 Å². The number of nitrogens with one attached hydrogen (secondary N) is 1. The first-order chi connectivity index (χ1) is 11.3. The summed E-state index contributed by atoms with van der Waals surface area (Å²) in [6.07, 6.45) is -0.240.